The van der Waals surface area contributed by atoms with Crippen LogP contribution >= 0.6 is 0 Å². The molecule has 0 aliphatic rings. The Labute approximate surface area is 143 Å². The summed E-state index contributed by atoms with van der Waals surface area (Å²) in [6.45, 7) is 2.09. The largest absolute Gasteiger partial charge is 0.508 e. The maximum Gasteiger partial charge on any atom is 0.337 e. The summed E-state index contributed by atoms with van der Waals surface area (Å²) in [7, 11) is 1.33. The molecule has 0 fully saturated rings. The maximum atomic E-state index is 11.8. The Kier molecular flexibility index (Phi) is 4.43. The van der Waals surface area contributed by atoms with Gasteiger partial charge in [-0.2, -0.15) is 0 Å². The molecule has 6 nitrogen and oxygen atoms in total. The molecule has 0 saturated carbocycles. The molecule has 3 rings (SSSR count). The first-order chi connectivity index (χ1) is 12.0. The van der Waals surface area contributed by atoms with E-state index in [0.29, 0.717) is 23.3 Å². The van der Waals surface area contributed by atoms with Gasteiger partial charge in [-0.15, -0.1) is 0 Å². The molecular weight excluding hydrogens is 322 g/mol. The molecule has 128 valence electrons. The van der Waals surface area contributed by atoms with Gasteiger partial charge in [-0.05, 0) is 48.9 Å². The van der Waals surface area contributed by atoms with Crippen LogP contribution in [0.3, 0.4) is 0 Å². The molecule has 25 heavy (non-hydrogen) atoms. The number of hydrogen-bond donors (Lipinski definition) is 2. The fourth-order valence-corrected chi connectivity index (χ4v) is 2.60. The summed E-state index contributed by atoms with van der Waals surface area (Å²) in [5, 5.41) is 13.7. The molecule has 0 aliphatic carbocycles. The molecule has 3 aromatic rings. The van der Waals surface area contributed by atoms with Crippen LogP contribution in [0.15, 0.2) is 51.7 Å². The molecule has 0 amide bonds. The zero-order valence-electron chi connectivity index (χ0n) is 13.8. The number of fused-ring (bicyclic) bond motifs is 1. The number of phenolic OH excluding ortho intramolecular Hbond substituents is 1. The van der Waals surface area contributed by atoms with Crippen molar-refractivity contribution in [1.82, 2.24) is 0 Å². The van der Waals surface area contributed by atoms with Crippen LogP contribution in [0.25, 0.3) is 11.0 Å². The minimum atomic E-state index is -0.473. The summed E-state index contributed by atoms with van der Waals surface area (Å²) < 4.78 is 9.89. The van der Waals surface area contributed by atoms with Crippen LogP contribution in [-0.4, -0.2) is 18.2 Å². The molecule has 0 spiro atoms. The van der Waals surface area contributed by atoms with E-state index >= 15 is 0 Å². The number of phenols is 1. The van der Waals surface area contributed by atoms with Gasteiger partial charge in [-0.1, -0.05) is 0 Å². The Morgan fingerprint density at radius 3 is 2.60 bits per heavy atom. The van der Waals surface area contributed by atoms with Crippen LogP contribution in [0.2, 0.25) is 0 Å². The van der Waals surface area contributed by atoms with Crippen molar-refractivity contribution in [1.29, 1.82) is 0 Å². The van der Waals surface area contributed by atoms with Gasteiger partial charge >= 0.3 is 11.6 Å². The van der Waals surface area contributed by atoms with E-state index in [1.807, 2.05) is 0 Å². The highest BCUT2D eigenvalue weighted by molar-refractivity contribution is 5.89. The number of methoxy groups -OCH3 is 1. The molecule has 6 heteroatoms. The second kappa shape index (κ2) is 6.68. The third-order valence-corrected chi connectivity index (χ3v) is 4.01. The Balaban J connectivity index is 1.87. The SMILES string of the molecule is COC(=O)c1ccc(NCc2cc(=O)oc3c(C)c(O)ccc23)cc1. The van der Waals surface area contributed by atoms with E-state index in [0.717, 1.165) is 16.6 Å². The van der Waals surface area contributed by atoms with Gasteiger partial charge in [0.1, 0.15) is 11.3 Å². The van der Waals surface area contributed by atoms with E-state index < -0.39 is 11.6 Å². The van der Waals surface area contributed by atoms with Crippen molar-refractivity contribution in [2.75, 3.05) is 12.4 Å². The maximum absolute atomic E-state index is 11.8. The lowest BCUT2D eigenvalue weighted by Crippen LogP contribution is -2.07. The summed E-state index contributed by atoms with van der Waals surface area (Å²) in [5.41, 5.74) is 2.45. The lowest BCUT2D eigenvalue weighted by Gasteiger charge is -2.10. The third-order valence-electron chi connectivity index (χ3n) is 4.01. The van der Waals surface area contributed by atoms with Crippen LogP contribution in [0, 0.1) is 6.92 Å². The van der Waals surface area contributed by atoms with Crippen LogP contribution in [0.5, 0.6) is 5.75 Å². The number of rotatable bonds is 4. The van der Waals surface area contributed by atoms with Crippen LogP contribution in [-0.2, 0) is 11.3 Å². The number of aromatic hydroxyl groups is 1. The highest BCUT2D eigenvalue weighted by atomic mass is 16.5. The summed E-state index contributed by atoms with van der Waals surface area (Å²) in [6, 6.07) is 11.6. The molecule has 0 radical (unpaired) electrons. The number of benzene rings is 2. The highest BCUT2D eigenvalue weighted by Gasteiger charge is 2.11. The van der Waals surface area contributed by atoms with Crippen LogP contribution < -0.4 is 10.9 Å². The topological polar surface area (TPSA) is 88.8 Å². The molecule has 0 atom stereocenters. The van der Waals surface area contributed by atoms with Crippen molar-refractivity contribution < 1.29 is 19.1 Å². The molecular formula is C19H17NO5. The second-order valence-electron chi connectivity index (χ2n) is 5.60. The predicted octanol–water partition coefficient (Wildman–Crippen LogP) is 3.21. The Morgan fingerprint density at radius 1 is 1.20 bits per heavy atom. The van der Waals surface area contributed by atoms with Gasteiger partial charge in [0, 0.05) is 29.2 Å². The number of esters is 1. The normalized spacial score (nSPS) is 10.6. The van der Waals surface area contributed by atoms with Crippen LogP contribution in [0.4, 0.5) is 5.69 Å². The van der Waals surface area contributed by atoms with Crippen molar-refractivity contribution in [2.45, 2.75) is 13.5 Å². The van der Waals surface area contributed by atoms with Crippen molar-refractivity contribution in [2.24, 2.45) is 0 Å². The Morgan fingerprint density at radius 2 is 1.92 bits per heavy atom. The molecule has 0 bridgehead atoms. The van der Waals surface area contributed by atoms with Crippen molar-refractivity contribution in [3.63, 3.8) is 0 Å². The monoisotopic (exact) mass is 339 g/mol. The van der Waals surface area contributed by atoms with Crippen molar-refractivity contribution >= 4 is 22.6 Å². The number of hydrogen-bond acceptors (Lipinski definition) is 6. The summed E-state index contributed by atoms with van der Waals surface area (Å²) in [5.74, 6) is -0.312. The number of ether oxygens (including phenoxy) is 1. The summed E-state index contributed by atoms with van der Waals surface area (Å²) in [4.78, 5) is 23.2. The summed E-state index contributed by atoms with van der Waals surface area (Å²) >= 11 is 0. The first-order valence-corrected chi connectivity index (χ1v) is 7.67. The Bertz CT molecular complexity index is 989. The number of aryl methyl sites for hydroxylation is 1. The standard InChI is InChI=1S/C19H17NO5/c1-11-16(21)8-7-15-13(9-17(22)25-18(11)15)10-20-14-5-3-12(4-6-14)19(23)24-2/h3-9,20-21H,10H2,1-2H3. The van der Waals surface area contributed by atoms with Gasteiger partial charge in [0.15, 0.2) is 0 Å². The fourth-order valence-electron chi connectivity index (χ4n) is 2.60. The molecule has 1 aromatic heterocycles. The molecule has 2 N–H and O–H groups in total. The molecule has 1 heterocycles. The van der Waals surface area contributed by atoms with E-state index in [9.17, 15) is 14.7 Å². The lowest BCUT2D eigenvalue weighted by atomic mass is 10.1. The molecule has 0 aliphatic heterocycles. The molecule has 0 saturated heterocycles. The van der Waals surface area contributed by atoms with E-state index in [2.05, 4.69) is 10.1 Å². The first-order valence-electron chi connectivity index (χ1n) is 7.67. The fraction of sp³-hybridized carbons (Fsp3) is 0.158. The van der Waals surface area contributed by atoms with Crippen molar-refractivity contribution in [3.8, 4) is 5.75 Å². The minimum Gasteiger partial charge on any atom is -0.508 e. The predicted molar refractivity (Wildman–Crippen MR) is 94.0 cm³/mol. The molecule has 2 aromatic carbocycles. The van der Waals surface area contributed by atoms with E-state index in [1.165, 1.54) is 13.2 Å². The zero-order valence-corrected chi connectivity index (χ0v) is 13.8. The van der Waals surface area contributed by atoms with E-state index in [-0.39, 0.29) is 5.75 Å². The van der Waals surface area contributed by atoms with Crippen molar-refractivity contribution in [3.05, 3.63) is 69.6 Å². The van der Waals surface area contributed by atoms with Gasteiger partial charge in [0.05, 0.1) is 12.7 Å². The zero-order chi connectivity index (χ0) is 18.0. The van der Waals surface area contributed by atoms with Crippen LogP contribution in [0.1, 0.15) is 21.5 Å². The summed E-state index contributed by atoms with van der Waals surface area (Å²) in [6.07, 6.45) is 0. The number of anilines is 1. The number of carbonyl (C=O) groups excluding carboxylic acids is 1. The van der Waals surface area contributed by atoms with Gasteiger partial charge in [0.2, 0.25) is 0 Å². The van der Waals surface area contributed by atoms with E-state index in [1.54, 1.807) is 43.3 Å². The smallest absolute Gasteiger partial charge is 0.337 e. The van der Waals surface area contributed by atoms with Gasteiger partial charge in [0.25, 0.3) is 0 Å². The first kappa shape index (κ1) is 16.6. The highest BCUT2D eigenvalue weighted by Crippen LogP contribution is 2.27. The quantitative estimate of drug-likeness (QED) is 0.560. The second-order valence-corrected chi connectivity index (χ2v) is 5.60. The van der Waals surface area contributed by atoms with Gasteiger partial charge in [-0.25, -0.2) is 9.59 Å². The van der Waals surface area contributed by atoms with E-state index in [4.69, 9.17) is 4.42 Å². The average Bonchev–Trinajstić information content (AvgIpc) is 2.63. The third kappa shape index (κ3) is 3.33. The lowest BCUT2D eigenvalue weighted by molar-refractivity contribution is 0.0601. The number of carbonyl (C=O) groups is 1. The van der Waals surface area contributed by atoms with Gasteiger partial charge < -0.3 is 19.6 Å². The average molecular weight is 339 g/mol. The Hall–Kier alpha value is -3.28. The number of nitrogens with one attached hydrogen (secondary N) is 1. The minimum absolute atomic E-state index is 0.0826. The van der Waals surface area contributed by atoms with Gasteiger partial charge in [-0.3, -0.25) is 0 Å². The molecule has 0 unspecified atom stereocenters.